The van der Waals surface area contributed by atoms with Crippen molar-refractivity contribution in [1.82, 2.24) is 25.3 Å². The molecule has 0 bridgehead atoms. The first-order valence-corrected chi connectivity index (χ1v) is 10.7. The molecule has 0 aliphatic heterocycles. The van der Waals surface area contributed by atoms with Crippen LogP contribution >= 0.6 is 0 Å². The molecule has 32 heavy (non-hydrogen) atoms. The van der Waals surface area contributed by atoms with Crippen LogP contribution in [0.4, 0.5) is 10.2 Å². The Morgan fingerprint density at radius 2 is 2.03 bits per heavy atom. The first-order valence-electron chi connectivity index (χ1n) is 10.7. The number of hydrogen-bond acceptors (Lipinski definition) is 6. The molecule has 9 heteroatoms. The van der Waals surface area contributed by atoms with Gasteiger partial charge in [-0.3, -0.25) is 4.79 Å². The van der Waals surface area contributed by atoms with Gasteiger partial charge in [-0.2, -0.15) is 15.0 Å². The molecular formula is C23H25FN6O2. The minimum Gasteiger partial charge on any atom is -0.394 e. The number of nitrogens with one attached hydrogen (secondary N) is 2. The number of aryl methyl sites for hydroxylation is 2. The summed E-state index contributed by atoms with van der Waals surface area (Å²) in [6.07, 6.45) is 6.93. The van der Waals surface area contributed by atoms with E-state index in [2.05, 4.69) is 25.8 Å². The van der Waals surface area contributed by atoms with Gasteiger partial charge in [0, 0.05) is 30.4 Å². The lowest BCUT2D eigenvalue weighted by atomic mass is 9.96. The molecule has 166 valence electrons. The second kappa shape index (κ2) is 7.67. The molecule has 2 aromatic heterocycles. The van der Waals surface area contributed by atoms with E-state index in [-0.39, 0.29) is 23.8 Å². The molecule has 2 aliphatic carbocycles. The minimum atomic E-state index is -0.539. The largest absolute Gasteiger partial charge is 0.394 e. The molecule has 0 radical (unpaired) electrons. The number of benzene rings is 1. The summed E-state index contributed by atoms with van der Waals surface area (Å²) in [5.41, 5.74) is 3.19. The highest BCUT2D eigenvalue weighted by Gasteiger charge is 2.43. The number of aliphatic hydroxyl groups excluding tert-OH is 1. The maximum absolute atomic E-state index is 14.6. The van der Waals surface area contributed by atoms with Crippen LogP contribution in [0.15, 0.2) is 30.6 Å². The number of carbonyl (C=O) groups is 1. The number of aliphatic hydroxyl groups is 1. The van der Waals surface area contributed by atoms with Crippen LogP contribution in [0, 0.1) is 12.7 Å². The molecule has 2 heterocycles. The number of nitrogens with zero attached hydrogens (tertiary/aromatic N) is 4. The lowest BCUT2D eigenvalue weighted by molar-refractivity contribution is 0.0947. The average molecular weight is 436 g/mol. The number of rotatable bonds is 7. The Labute approximate surface area is 184 Å². The van der Waals surface area contributed by atoms with Crippen LogP contribution in [0.25, 0.3) is 22.4 Å². The van der Waals surface area contributed by atoms with Crippen molar-refractivity contribution in [2.45, 2.75) is 44.2 Å². The third-order valence-electron chi connectivity index (χ3n) is 6.09. The van der Waals surface area contributed by atoms with Gasteiger partial charge in [0.2, 0.25) is 0 Å². The lowest BCUT2D eigenvalue weighted by Crippen LogP contribution is -2.26. The van der Waals surface area contributed by atoms with Crippen molar-refractivity contribution in [3.05, 3.63) is 47.5 Å². The monoisotopic (exact) mass is 436 g/mol. The molecule has 3 aromatic rings. The number of hydrogen-bond donors (Lipinski definition) is 3. The molecule has 2 aliphatic rings. The molecule has 1 amide bonds. The average Bonchev–Trinajstić information content (AvgIpc) is 3.69. The summed E-state index contributed by atoms with van der Waals surface area (Å²) >= 11 is 0. The van der Waals surface area contributed by atoms with E-state index < -0.39 is 11.7 Å². The summed E-state index contributed by atoms with van der Waals surface area (Å²) in [7, 11) is 1.73. The highest BCUT2D eigenvalue weighted by Crippen LogP contribution is 2.41. The van der Waals surface area contributed by atoms with Crippen LogP contribution in [-0.4, -0.2) is 49.2 Å². The maximum atomic E-state index is 14.6. The minimum absolute atomic E-state index is 0.0207. The van der Waals surface area contributed by atoms with Crippen molar-refractivity contribution < 1.29 is 14.3 Å². The van der Waals surface area contributed by atoms with E-state index in [1.165, 1.54) is 10.9 Å². The van der Waals surface area contributed by atoms with E-state index in [0.29, 0.717) is 17.1 Å². The van der Waals surface area contributed by atoms with Gasteiger partial charge >= 0.3 is 0 Å². The highest BCUT2D eigenvalue weighted by molar-refractivity contribution is 5.96. The second-order valence-corrected chi connectivity index (χ2v) is 8.80. The Bertz CT molecular complexity index is 1200. The van der Waals surface area contributed by atoms with Gasteiger partial charge in [0.15, 0.2) is 0 Å². The Kier molecular flexibility index (Phi) is 4.93. The van der Waals surface area contributed by atoms with Crippen LogP contribution in [0.1, 0.15) is 41.6 Å². The van der Waals surface area contributed by atoms with Crippen LogP contribution in [0.5, 0.6) is 0 Å². The molecule has 0 unspecified atom stereocenters. The van der Waals surface area contributed by atoms with E-state index in [4.69, 9.17) is 0 Å². The third kappa shape index (κ3) is 3.95. The fraction of sp³-hybridized carbons (Fsp3) is 0.391. The Hall–Kier alpha value is -3.33. The van der Waals surface area contributed by atoms with E-state index >= 15 is 0 Å². The molecule has 0 spiro atoms. The second-order valence-electron chi connectivity index (χ2n) is 8.80. The predicted octanol–water partition coefficient (Wildman–Crippen LogP) is 2.82. The number of aromatic nitrogens is 4. The van der Waals surface area contributed by atoms with E-state index in [0.717, 1.165) is 42.4 Å². The van der Waals surface area contributed by atoms with Crippen molar-refractivity contribution in [3.63, 3.8) is 0 Å². The van der Waals surface area contributed by atoms with Gasteiger partial charge in [-0.25, -0.2) is 9.37 Å². The van der Waals surface area contributed by atoms with E-state index in [1.54, 1.807) is 32.4 Å². The molecular weight excluding hydrogens is 411 g/mol. The zero-order valence-corrected chi connectivity index (χ0v) is 18.0. The molecule has 0 saturated heterocycles. The van der Waals surface area contributed by atoms with Crippen molar-refractivity contribution in [1.29, 1.82) is 0 Å². The summed E-state index contributed by atoms with van der Waals surface area (Å²) in [5, 5.41) is 24.5. The number of halogens is 1. The number of anilines is 1. The lowest BCUT2D eigenvalue weighted by Gasteiger charge is -2.18. The Morgan fingerprint density at radius 1 is 1.25 bits per heavy atom. The van der Waals surface area contributed by atoms with E-state index in [1.807, 2.05) is 6.07 Å². The zero-order valence-electron chi connectivity index (χ0n) is 18.0. The number of pyridine rings is 1. The SMILES string of the molecule is Cc1cc(F)c(C(=O)NC2CC2)cc1-c1cnc(NC2(CO)CC2)c(-c2cnn(C)n2)c1. The summed E-state index contributed by atoms with van der Waals surface area (Å²) in [5.74, 6) is -0.332. The Morgan fingerprint density at radius 3 is 2.66 bits per heavy atom. The van der Waals surface area contributed by atoms with Crippen LogP contribution in [-0.2, 0) is 7.05 Å². The number of carbonyl (C=O) groups excluding carboxylic acids is 1. The smallest absolute Gasteiger partial charge is 0.254 e. The molecule has 1 aromatic carbocycles. The predicted molar refractivity (Wildman–Crippen MR) is 118 cm³/mol. The van der Waals surface area contributed by atoms with Gasteiger partial charge in [0.05, 0.1) is 23.9 Å². The van der Waals surface area contributed by atoms with Gasteiger partial charge in [-0.15, -0.1) is 0 Å². The van der Waals surface area contributed by atoms with Crippen LogP contribution in [0.3, 0.4) is 0 Å². The quantitative estimate of drug-likeness (QED) is 0.526. The first kappa shape index (κ1) is 20.6. The Balaban J connectivity index is 1.57. The first-order chi connectivity index (χ1) is 15.4. The third-order valence-corrected chi connectivity index (χ3v) is 6.09. The van der Waals surface area contributed by atoms with Crippen LogP contribution in [0.2, 0.25) is 0 Å². The van der Waals surface area contributed by atoms with Crippen molar-refractivity contribution in [2.75, 3.05) is 11.9 Å². The van der Waals surface area contributed by atoms with Gasteiger partial charge in [0.1, 0.15) is 17.3 Å². The topological polar surface area (TPSA) is 105 Å². The van der Waals surface area contributed by atoms with Crippen molar-refractivity contribution in [2.24, 2.45) is 7.05 Å². The van der Waals surface area contributed by atoms with Crippen molar-refractivity contribution in [3.8, 4) is 22.4 Å². The van der Waals surface area contributed by atoms with Gasteiger partial charge in [-0.05, 0) is 61.9 Å². The van der Waals surface area contributed by atoms with Gasteiger partial charge in [0.25, 0.3) is 5.91 Å². The maximum Gasteiger partial charge on any atom is 0.254 e. The molecule has 8 nitrogen and oxygen atoms in total. The molecule has 3 N–H and O–H groups in total. The highest BCUT2D eigenvalue weighted by atomic mass is 19.1. The van der Waals surface area contributed by atoms with Gasteiger partial charge in [-0.1, -0.05) is 0 Å². The van der Waals surface area contributed by atoms with Gasteiger partial charge < -0.3 is 15.7 Å². The standard InChI is InChI=1S/C23H25FN6O2/c1-13-7-19(24)17(22(32)27-15-3-4-15)9-16(13)14-8-18(20-11-26-30(2)29-20)21(25-10-14)28-23(12-31)5-6-23/h7-11,15,31H,3-6,12H2,1-2H3,(H,25,28)(H,27,32). The molecule has 5 rings (SSSR count). The molecule has 2 saturated carbocycles. The molecule has 0 atom stereocenters. The summed E-state index contributed by atoms with van der Waals surface area (Å²) in [6.45, 7) is 1.83. The number of amides is 1. The molecule has 2 fully saturated rings. The van der Waals surface area contributed by atoms with Crippen molar-refractivity contribution >= 4 is 11.7 Å². The summed E-state index contributed by atoms with van der Waals surface area (Å²) in [6, 6.07) is 5.03. The summed E-state index contributed by atoms with van der Waals surface area (Å²) < 4.78 is 14.6. The normalized spacial score (nSPS) is 16.6. The fourth-order valence-corrected chi connectivity index (χ4v) is 3.75. The fourth-order valence-electron chi connectivity index (χ4n) is 3.75. The van der Waals surface area contributed by atoms with Crippen LogP contribution < -0.4 is 10.6 Å². The zero-order chi connectivity index (χ0) is 22.5. The van der Waals surface area contributed by atoms with E-state index in [9.17, 15) is 14.3 Å². The summed E-state index contributed by atoms with van der Waals surface area (Å²) in [4.78, 5) is 18.6.